The maximum atomic E-state index is 13.6. The lowest BCUT2D eigenvalue weighted by Gasteiger charge is -2.29. The summed E-state index contributed by atoms with van der Waals surface area (Å²) >= 11 is 6.47. The highest BCUT2D eigenvalue weighted by molar-refractivity contribution is 6.38. The molecule has 4 atom stereocenters. The predicted molar refractivity (Wildman–Crippen MR) is 155 cm³/mol. The quantitative estimate of drug-likeness (QED) is 0.245. The molecule has 1 aliphatic carbocycles. The second kappa shape index (κ2) is 14.2. The monoisotopic (exact) mass is 590 g/mol. The second-order valence-corrected chi connectivity index (χ2v) is 12.7. The van der Waals surface area contributed by atoms with Crippen LogP contribution < -0.4 is 26.0 Å². The molecular weight excluding hydrogens is 548 g/mol. The van der Waals surface area contributed by atoms with Gasteiger partial charge < -0.3 is 26.0 Å². The zero-order chi connectivity index (χ0) is 30.3. The third-order valence-electron chi connectivity index (χ3n) is 7.49. The molecule has 1 aromatic rings. The van der Waals surface area contributed by atoms with E-state index in [2.05, 4.69) is 21.3 Å². The van der Waals surface area contributed by atoms with Gasteiger partial charge >= 0.3 is 0 Å². The van der Waals surface area contributed by atoms with E-state index in [-0.39, 0.29) is 42.0 Å². The molecule has 10 nitrogen and oxygen atoms in total. The number of ketones is 1. The fraction of sp³-hybridized carbons (Fsp3) is 0.633. The lowest BCUT2D eigenvalue weighted by Crippen LogP contribution is -2.55. The molecule has 1 saturated heterocycles. The Bertz CT molecular complexity index is 1150. The van der Waals surface area contributed by atoms with Crippen molar-refractivity contribution in [1.82, 2.24) is 21.3 Å². The third-order valence-corrected chi connectivity index (χ3v) is 7.82. The first-order valence-electron chi connectivity index (χ1n) is 14.4. The van der Waals surface area contributed by atoms with Crippen LogP contribution in [0.2, 0.25) is 5.02 Å². The van der Waals surface area contributed by atoms with Gasteiger partial charge in [0.1, 0.15) is 11.8 Å². The lowest BCUT2D eigenvalue weighted by molar-refractivity contribution is -0.141. The Balaban J connectivity index is 1.75. The van der Waals surface area contributed by atoms with Crippen molar-refractivity contribution in [1.29, 1.82) is 0 Å². The number of hydrogen-bond donors (Lipinski definition) is 4. The van der Waals surface area contributed by atoms with Gasteiger partial charge in [-0.15, -0.1) is 0 Å². The minimum atomic E-state index is -1.18. The number of carbonyl (C=O) groups is 5. The van der Waals surface area contributed by atoms with Crippen molar-refractivity contribution >= 4 is 41.0 Å². The number of Topliss-reactive ketones (excluding diaryl/α,β-unsaturated/α-hetero) is 1. The van der Waals surface area contributed by atoms with E-state index in [0.29, 0.717) is 36.6 Å². The number of nitrogens with one attached hydrogen (secondary N) is 4. The molecule has 1 unspecified atom stereocenters. The van der Waals surface area contributed by atoms with Crippen LogP contribution in [-0.2, 0) is 24.0 Å². The van der Waals surface area contributed by atoms with Gasteiger partial charge in [0.25, 0.3) is 5.91 Å². The van der Waals surface area contributed by atoms with Crippen molar-refractivity contribution in [3.63, 3.8) is 0 Å². The minimum absolute atomic E-state index is 0.0125. The Morgan fingerprint density at radius 2 is 1.80 bits per heavy atom. The molecule has 226 valence electrons. The van der Waals surface area contributed by atoms with Gasteiger partial charge in [0, 0.05) is 29.9 Å². The number of halogens is 1. The molecule has 4 N–H and O–H groups in total. The smallest absolute Gasteiger partial charge is 0.289 e. The molecule has 0 radical (unpaired) electrons. The van der Waals surface area contributed by atoms with E-state index in [9.17, 15) is 24.0 Å². The number of ether oxygens (including phenoxy) is 1. The summed E-state index contributed by atoms with van der Waals surface area (Å²) in [5.74, 6) is -2.73. The molecule has 41 heavy (non-hydrogen) atoms. The van der Waals surface area contributed by atoms with Gasteiger partial charge in [-0.1, -0.05) is 45.4 Å². The average molecular weight is 591 g/mol. The van der Waals surface area contributed by atoms with E-state index >= 15 is 0 Å². The second-order valence-electron chi connectivity index (χ2n) is 12.3. The van der Waals surface area contributed by atoms with Crippen LogP contribution in [0.4, 0.5) is 0 Å². The predicted octanol–water partition coefficient (Wildman–Crippen LogP) is 3.01. The number of hydrogen-bond acceptors (Lipinski definition) is 6. The molecule has 2 aliphatic rings. The summed E-state index contributed by atoms with van der Waals surface area (Å²) in [7, 11) is 1.55. The molecule has 11 heteroatoms. The summed E-state index contributed by atoms with van der Waals surface area (Å²) in [6, 6.07) is 3.16. The van der Waals surface area contributed by atoms with E-state index in [1.807, 2.05) is 33.8 Å². The fourth-order valence-electron chi connectivity index (χ4n) is 5.04. The molecule has 3 rings (SSSR count). The average Bonchev–Trinajstić information content (AvgIpc) is 3.63. The summed E-state index contributed by atoms with van der Waals surface area (Å²) in [5.41, 5.74) is 0.469. The first-order chi connectivity index (χ1) is 19.3. The van der Waals surface area contributed by atoms with Crippen LogP contribution in [0.1, 0.15) is 84.1 Å². The number of amides is 4. The number of rotatable bonds is 14. The van der Waals surface area contributed by atoms with E-state index in [1.54, 1.807) is 19.2 Å². The molecular formula is C30H43ClN4O6. The maximum absolute atomic E-state index is 13.6. The van der Waals surface area contributed by atoms with E-state index in [1.165, 1.54) is 0 Å². The van der Waals surface area contributed by atoms with Gasteiger partial charge in [0.2, 0.25) is 23.5 Å². The highest BCUT2D eigenvalue weighted by Gasteiger charge is 2.37. The van der Waals surface area contributed by atoms with Crippen LogP contribution in [0, 0.1) is 11.3 Å². The highest BCUT2D eigenvalue weighted by atomic mass is 35.5. The van der Waals surface area contributed by atoms with Crippen molar-refractivity contribution < 1.29 is 28.7 Å². The topological polar surface area (TPSA) is 143 Å². The van der Waals surface area contributed by atoms with Crippen LogP contribution in [0.5, 0.6) is 5.75 Å². The van der Waals surface area contributed by atoms with Crippen molar-refractivity contribution in [3.05, 3.63) is 28.8 Å². The summed E-state index contributed by atoms with van der Waals surface area (Å²) < 4.78 is 5.22. The third kappa shape index (κ3) is 9.73. The van der Waals surface area contributed by atoms with E-state index in [0.717, 1.165) is 18.4 Å². The SMILES string of the molecule is CC[C@@H](CC(=O)N[C@@H](CC(C)(C)C)C(=O)NC(C[C@@H]1CCNC1=O)C(=O)C(=O)NC1CC1)c1ccc(OC)cc1Cl. The number of benzene rings is 1. The van der Waals surface area contributed by atoms with Crippen LogP contribution in [0.25, 0.3) is 0 Å². The van der Waals surface area contributed by atoms with Gasteiger partial charge in [-0.2, -0.15) is 0 Å². The summed E-state index contributed by atoms with van der Waals surface area (Å²) in [5, 5.41) is 11.5. The standard InChI is InChI=1S/C30H43ClN4O6/c1-6-17(21-10-9-20(41-5)15-22(21)31)14-25(36)34-24(16-30(2,3)4)28(39)35-23(13-18-11-12-32-27(18)38)26(37)29(40)33-19-7-8-19/h9-10,15,17-19,23-24H,6-8,11-14,16H2,1-5H3,(H,32,38)(H,33,40)(H,34,36)(H,35,39)/t17-,18-,23?,24-/m0/s1. The first-order valence-corrected chi connectivity index (χ1v) is 14.7. The van der Waals surface area contributed by atoms with Gasteiger partial charge in [0.15, 0.2) is 0 Å². The zero-order valence-electron chi connectivity index (χ0n) is 24.6. The first kappa shape index (κ1) is 32.4. The van der Waals surface area contributed by atoms with Gasteiger partial charge in [-0.3, -0.25) is 24.0 Å². The Labute approximate surface area is 247 Å². The van der Waals surface area contributed by atoms with Gasteiger partial charge in [0.05, 0.1) is 13.2 Å². The molecule has 1 aliphatic heterocycles. The Morgan fingerprint density at radius 1 is 1.10 bits per heavy atom. The maximum Gasteiger partial charge on any atom is 0.289 e. The number of carbonyl (C=O) groups excluding carboxylic acids is 5. The zero-order valence-corrected chi connectivity index (χ0v) is 25.4. The molecule has 0 spiro atoms. The molecule has 0 aromatic heterocycles. The Hall–Kier alpha value is -3.14. The Kier molecular flexibility index (Phi) is 11.2. The van der Waals surface area contributed by atoms with Gasteiger partial charge in [-0.05, 0) is 67.6 Å². The van der Waals surface area contributed by atoms with E-state index < -0.39 is 35.6 Å². The van der Waals surface area contributed by atoms with Crippen molar-refractivity contribution in [2.24, 2.45) is 11.3 Å². The lowest BCUT2D eigenvalue weighted by atomic mass is 9.87. The summed E-state index contributed by atoms with van der Waals surface area (Å²) in [6.07, 6.45) is 3.18. The fourth-order valence-corrected chi connectivity index (χ4v) is 5.36. The molecule has 0 bridgehead atoms. The molecule has 2 fully saturated rings. The molecule has 4 amide bonds. The summed E-state index contributed by atoms with van der Waals surface area (Å²) in [6.45, 7) is 8.27. The van der Waals surface area contributed by atoms with Crippen molar-refractivity contribution in [2.75, 3.05) is 13.7 Å². The molecule has 1 saturated carbocycles. The number of methoxy groups -OCH3 is 1. The van der Waals surface area contributed by atoms with Crippen molar-refractivity contribution in [3.8, 4) is 5.75 Å². The largest absolute Gasteiger partial charge is 0.497 e. The van der Waals surface area contributed by atoms with Crippen molar-refractivity contribution in [2.45, 2.75) is 96.7 Å². The van der Waals surface area contributed by atoms with Crippen LogP contribution in [0.15, 0.2) is 18.2 Å². The normalized spacial score (nSPS) is 19.0. The molecule has 1 heterocycles. The minimum Gasteiger partial charge on any atom is -0.497 e. The molecule has 1 aromatic carbocycles. The Morgan fingerprint density at radius 3 is 2.34 bits per heavy atom. The van der Waals surface area contributed by atoms with Crippen LogP contribution in [0.3, 0.4) is 0 Å². The van der Waals surface area contributed by atoms with Crippen LogP contribution in [-0.4, -0.2) is 61.2 Å². The van der Waals surface area contributed by atoms with E-state index in [4.69, 9.17) is 16.3 Å². The van der Waals surface area contributed by atoms with Gasteiger partial charge in [-0.25, -0.2) is 0 Å². The highest BCUT2D eigenvalue weighted by Crippen LogP contribution is 2.32. The van der Waals surface area contributed by atoms with Crippen LogP contribution >= 0.6 is 11.6 Å². The summed E-state index contributed by atoms with van der Waals surface area (Å²) in [4.78, 5) is 64.8.